The van der Waals surface area contributed by atoms with Crippen molar-refractivity contribution < 1.29 is 0 Å². The lowest BCUT2D eigenvalue weighted by Gasteiger charge is -2.13. The van der Waals surface area contributed by atoms with E-state index in [1.54, 1.807) is 6.20 Å². The summed E-state index contributed by atoms with van der Waals surface area (Å²) in [6.07, 6.45) is 1.79. The fraction of sp³-hybridized carbons (Fsp3) is 0. The molecule has 0 radical (unpaired) electrons. The van der Waals surface area contributed by atoms with E-state index in [-0.39, 0.29) is 0 Å². The van der Waals surface area contributed by atoms with Crippen LogP contribution in [0.3, 0.4) is 0 Å². The first-order valence-corrected chi connectivity index (χ1v) is 7.86. The van der Waals surface area contributed by atoms with E-state index in [0.717, 1.165) is 33.8 Å². The number of rotatable bonds is 3. The monoisotopic (exact) mass is 307 g/mol. The van der Waals surface area contributed by atoms with Gasteiger partial charge in [-0.25, -0.2) is 0 Å². The van der Waals surface area contributed by atoms with Gasteiger partial charge in [0.1, 0.15) is 0 Å². The van der Waals surface area contributed by atoms with E-state index in [1.165, 1.54) is 0 Å². The summed E-state index contributed by atoms with van der Waals surface area (Å²) in [6, 6.07) is 31.6. The summed E-state index contributed by atoms with van der Waals surface area (Å²) in [6.45, 7) is 0. The molecule has 0 amide bonds. The highest BCUT2D eigenvalue weighted by atomic mass is 14.8. The van der Waals surface area contributed by atoms with Crippen LogP contribution < -0.4 is 0 Å². The molecular formula is C22H15N2-. The topological polar surface area (TPSA) is 25.8 Å². The Balaban J connectivity index is 1.92. The summed E-state index contributed by atoms with van der Waals surface area (Å²) < 4.78 is 0. The van der Waals surface area contributed by atoms with E-state index in [9.17, 15) is 0 Å². The molecule has 0 bridgehead atoms. The van der Waals surface area contributed by atoms with Gasteiger partial charge in [0, 0.05) is 6.20 Å². The lowest BCUT2D eigenvalue weighted by atomic mass is 10.0. The van der Waals surface area contributed by atoms with Crippen LogP contribution in [-0.2, 0) is 0 Å². The average molecular weight is 307 g/mol. The zero-order valence-electron chi connectivity index (χ0n) is 13.1. The maximum Gasteiger partial charge on any atom is 0.0876 e. The Bertz CT molecular complexity index is 794. The Kier molecular flexibility index (Phi) is 3.86. The molecule has 0 aliphatic heterocycles. The molecule has 0 saturated carbocycles. The lowest BCUT2D eigenvalue weighted by Crippen LogP contribution is -1.92. The van der Waals surface area contributed by atoms with E-state index in [1.807, 2.05) is 60.7 Å². The molecule has 0 N–H and O–H groups in total. The second kappa shape index (κ2) is 6.47. The summed E-state index contributed by atoms with van der Waals surface area (Å²) in [4.78, 5) is 9.25. The van der Waals surface area contributed by atoms with Crippen molar-refractivity contribution in [2.24, 2.45) is 0 Å². The Hall–Kier alpha value is -3.26. The number of nitrogens with zero attached hydrogens (tertiary/aromatic N) is 2. The normalized spacial score (nSPS) is 10.5. The maximum atomic E-state index is 4.81. The van der Waals surface area contributed by atoms with Crippen LogP contribution in [0.5, 0.6) is 0 Å². The average Bonchev–Trinajstić information content (AvgIpc) is 2.70. The number of hydrogen-bond acceptors (Lipinski definition) is 2. The molecule has 0 unspecified atom stereocenters. The van der Waals surface area contributed by atoms with Crippen LogP contribution >= 0.6 is 0 Å². The standard InChI is InChI=1S/C22H15N2/c1-3-9-17(10-4-1)19-15-21(18-11-5-2-6-12-18)24-22(16-19)20-13-7-8-14-23-20/h1-11,13-16H/q-1. The Morgan fingerprint density at radius 3 is 2.17 bits per heavy atom. The Labute approximate surface area is 141 Å². The van der Waals surface area contributed by atoms with Gasteiger partial charge < -0.3 is 0 Å². The minimum Gasteiger partial charge on any atom is -0.295 e. The van der Waals surface area contributed by atoms with Crippen molar-refractivity contribution in [3.05, 3.63) is 97.2 Å². The van der Waals surface area contributed by atoms with Crippen molar-refractivity contribution in [3.8, 4) is 33.8 Å². The highest BCUT2D eigenvalue weighted by Crippen LogP contribution is 2.29. The van der Waals surface area contributed by atoms with E-state index in [4.69, 9.17) is 4.98 Å². The highest BCUT2D eigenvalue weighted by Gasteiger charge is 2.06. The van der Waals surface area contributed by atoms with E-state index in [0.29, 0.717) is 0 Å². The van der Waals surface area contributed by atoms with Gasteiger partial charge in [-0.3, -0.25) is 9.97 Å². The molecule has 2 aromatic heterocycles. The molecule has 2 aromatic carbocycles. The predicted molar refractivity (Wildman–Crippen MR) is 97.2 cm³/mol. The van der Waals surface area contributed by atoms with Gasteiger partial charge in [0.25, 0.3) is 0 Å². The molecule has 0 saturated heterocycles. The van der Waals surface area contributed by atoms with Crippen LogP contribution in [0.4, 0.5) is 0 Å². The van der Waals surface area contributed by atoms with Crippen molar-refractivity contribution in [1.29, 1.82) is 0 Å². The fourth-order valence-electron chi connectivity index (χ4n) is 2.66. The number of pyridine rings is 2. The molecule has 2 heteroatoms. The Morgan fingerprint density at radius 1 is 0.625 bits per heavy atom. The Morgan fingerprint density at radius 2 is 1.42 bits per heavy atom. The maximum absolute atomic E-state index is 4.81. The van der Waals surface area contributed by atoms with Crippen LogP contribution in [0.1, 0.15) is 0 Å². The molecule has 0 aliphatic rings. The third kappa shape index (κ3) is 2.95. The zero-order chi connectivity index (χ0) is 16.2. The SMILES string of the molecule is [c-]1ccccc1-c1cc(-c2ccccc2)cc(-c2ccccn2)n1. The van der Waals surface area contributed by atoms with Crippen molar-refractivity contribution in [1.82, 2.24) is 9.97 Å². The van der Waals surface area contributed by atoms with E-state index >= 15 is 0 Å². The smallest absolute Gasteiger partial charge is 0.0876 e. The molecule has 0 fully saturated rings. The lowest BCUT2D eigenvalue weighted by molar-refractivity contribution is 1.25. The van der Waals surface area contributed by atoms with Crippen LogP contribution in [0.25, 0.3) is 33.8 Å². The molecule has 2 nitrogen and oxygen atoms in total. The minimum absolute atomic E-state index is 0.865. The van der Waals surface area contributed by atoms with Gasteiger partial charge >= 0.3 is 0 Å². The molecule has 0 atom stereocenters. The summed E-state index contributed by atoms with van der Waals surface area (Å²) in [7, 11) is 0. The van der Waals surface area contributed by atoms with Crippen molar-refractivity contribution in [2.75, 3.05) is 0 Å². The molecule has 24 heavy (non-hydrogen) atoms. The summed E-state index contributed by atoms with van der Waals surface area (Å²) >= 11 is 0. The van der Waals surface area contributed by atoms with Gasteiger partial charge in [-0.1, -0.05) is 42.5 Å². The van der Waals surface area contributed by atoms with Gasteiger partial charge in [-0.05, 0) is 35.0 Å². The van der Waals surface area contributed by atoms with Gasteiger partial charge in [-0.15, -0.1) is 35.9 Å². The predicted octanol–water partition coefficient (Wildman–Crippen LogP) is 5.28. The molecule has 4 aromatic rings. The van der Waals surface area contributed by atoms with Crippen LogP contribution in [0.2, 0.25) is 0 Å². The van der Waals surface area contributed by atoms with E-state index < -0.39 is 0 Å². The molecule has 4 rings (SSSR count). The second-order valence-electron chi connectivity index (χ2n) is 5.48. The molecular weight excluding hydrogens is 292 g/mol. The van der Waals surface area contributed by atoms with Crippen LogP contribution in [0.15, 0.2) is 91.1 Å². The molecule has 0 aliphatic carbocycles. The van der Waals surface area contributed by atoms with E-state index in [2.05, 4.69) is 35.3 Å². The molecule has 0 spiro atoms. The van der Waals surface area contributed by atoms with Gasteiger partial charge in [0.2, 0.25) is 0 Å². The van der Waals surface area contributed by atoms with Gasteiger partial charge in [-0.2, -0.15) is 0 Å². The third-order valence-electron chi connectivity index (χ3n) is 3.84. The fourth-order valence-corrected chi connectivity index (χ4v) is 2.66. The number of benzene rings is 2. The van der Waals surface area contributed by atoms with Gasteiger partial charge in [0.05, 0.1) is 11.4 Å². The minimum atomic E-state index is 0.865. The summed E-state index contributed by atoms with van der Waals surface area (Å²) in [5.74, 6) is 0. The van der Waals surface area contributed by atoms with Crippen LogP contribution in [-0.4, -0.2) is 9.97 Å². The highest BCUT2D eigenvalue weighted by molar-refractivity contribution is 5.75. The number of aromatic nitrogens is 2. The van der Waals surface area contributed by atoms with Gasteiger partial charge in [0.15, 0.2) is 0 Å². The summed E-state index contributed by atoms with van der Waals surface area (Å²) in [5.41, 5.74) is 5.90. The molecule has 2 heterocycles. The third-order valence-corrected chi connectivity index (χ3v) is 3.84. The first kappa shape index (κ1) is 14.3. The van der Waals surface area contributed by atoms with Crippen molar-refractivity contribution >= 4 is 0 Å². The van der Waals surface area contributed by atoms with Crippen molar-refractivity contribution in [3.63, 3.8) is 0 Å². The molecule has 114 valence electrons. The quantitative estimate of drug-likeness (QED) is 0.481. The first-order chi connectivity index (χ1) is 11.9. The zero-order valence-corrected chi connectivity index (χ0v) is 13.1. The number of hydrogen-bond donors (Lipinski definition) is 0. The largest absolute Gasteiger partial charge is 0.295 e. The van der Waals surface area contributed by atoms with Crippen molar-refractivity contribution in [2.45, 2.75) is 0 Å². The second-order valence-corrected chi connectivity index (χ2v) is 5.48. The van der Waals surface area contributed by atoms with Crippen LogP contribution in [0, 0.1) is 6.07 Å². The first-order valence-electron chi connectivity index (χ1n) is 7.86. The summed E-state index contributed by atoms with van der Waals surface area (Å²) in [5, 5.41) is 0.